The number of likely N-dealkylation sites (N-methyl/N-ethyl adjacent to an activating group) is 1. The Balaban J connectivity index is 1.96. The highest BCUT2D eigenvalue weighted by atomic mass is 15.2. The molecule has 2 rings (SSSR count). The minimum Gasteiger partial charge on any atom is -0.359 e. The maximum atomic E-state index is 4.54. The first kappa shape index (κ1) is 15.4. The highest BCUT2D eigenvalue weighted by Gasteiger charge is 2.08. The third-order valence-electron chi connectivity index (χ3n) is 3.46. The van der Waals surface area contributed by atoms with E-state index < -0.39 is 0 Å². The highest BCUT2D eigenvalue weighted by molar-refractivity contribution is 5.46. The molecule has 4 heteroatoms. The quantitative estimate of drug-likeness (QED) is 0.757. The van der Waals surface area contributed by atoms with Crippen molar-refractivity contribution in [3.05, 3.63) is 54.0 Å². The lowest BCUT2D eigenvalue weighted by atomic mass is 10.2. The lowest BCUT2D eigenvalue weighted by Crippen LogP contribution is -2.24. The van der Waals surface area contributed by atoms with Crippen molar-refractivity contribution in [2.45, 2.75) is 26.3 Å². The Hall–Kier alpha value is -1.94. The maximum Gasteiger partial charge on any atom is 0.132 e. The number of aromatic nitrogens is 2. The van der Waals surface area contributed by atoms with Gasteiger partial charge in [-0.05, 0) is 43.1 Å². The summed E-state index contributed by atoms with van der Waals surface area (Å²) in [6, 6.07) is 8.28. The fourth-order valence-corrected chi connectivity index (χ4v) is 2.26. The molecule has 0 amide bonds. The minimum absolute atomic E-state index is 0.872. The van der Waals surface area contributed by atoms with E-state index in [1.165, 1.54) is 11.1 Å². The van der Waals surface area contributed by atoms with Gasteiger partial charge in [0.1, 0.15) is 5.82 Å². The molecular formula is C17H24N4. The van der Waals surface area contributed by atoms with Gasteiger partial charge in [-0.15, -0.1) is 0 Å². The number of rotatable bonds is 8. The van der Waals surface area contributed by atoms with Gasteiger partial charge in [0.25, 0.3) is 0 Å². The first-order valence-corrected chi connectivity index (χ1v) is 7.56. The number of nitrogens with zero attached hydrogens (tertiary/aromatic N) is 3. The summed E-state index contributed by atoms with van der Waals surface area (Å²) < 4.78 is 0. The summed E-state index contributed by atoms with van der Waals surface area (Å²) in [4.78, 5) is 10.8. The molecule has 0 aromatic carbocycles. The molecule has 1 N–H and O–H groups in total. The molecule has 0 unspecified atom stereocenters. The Morgan fingerprint density at radius 2 is 1.95 bits per heavy atom. The van der Waals surface area contributed by atoms with Crippen molar-refractivity contribution in [1.82, 2.24) is 15.3 Å². The van der Waals surface area contributed by atoms with E-state index >= 15 is 0 Å². The van der Waals surface area contributed by atoms with Crippen LogP contribution in [0.4, 0.5) is 5.82 Å². The van der Waals surface area contributed by atoms with Crippen LogP contribution in [-0.4, -0.2) is 30.1 Å². The summed E-state index contributed by atoms with van der Waals surface area (Å²) in [7, 11) is 2.10. The average molecular weight is 284 g/mol. The van der Waals surface area contributed by atoms with Crippen molar-refractivity contribution in [3.63, 3.8) is 0 Å². The number of anilines is 1. The van der Waals surface area contributed by atoms with Gasteiger partial charge in [0.15, 0.2) is 0 Å². The van der Waals surface area contributed by atoms with Crippen LogP contribution in [0.25, 0.3) is 0 Å². The molecule has 0 radical (unpaired) electrons. The molecule has 0 bridgehead atoms. The Kier molecular flexibility index (Phi) is 6.16. The van der Waals surface area contributed by atoms with Gasteiger partial charge in [0.05, 0.1) is 0 Å². The van der Waals surface area contributed by atoms with Crippen LogP contribution in [0.1, 0.15) is 24.5 Å². The van der Waals surface area contributed by atoms with Gasteiger partial charge < -0.3 is 10.2 Å². The van der Waals surface area contributed by atoms with E-state index in [0.717, 1.165) is 38.3 Å². The molecule has 0 spiro atoms. The van der Waals surface area contributed by atoms with E-state index in [1.807, 2.05) is 24.7 Å². The molecule has 21 heavy (non-hydrogen) atoms. The van der Waals surface area contributed by atoms with Crippen LogP contribution in [0.15, 0.2) is 42.9 Å². The number of nitrogens with one attached hydrogen (secondary N) is 1. The van der Waals surface area contributed by atoms with Gasteiger partial charge in [-0.3, -0.25) is 4.98 Å². The molecule has 2 heterocycles. The average Bonchev–Trinajstić information content (AvgIpc) is 2.54. The van der Waals surface area contributed by atoms with Gasteiger partial charge in [0.2, 0.25) is 0 Å². The predicted octanol–water partition coefficient (Wildman–Crippen LogP) is 2.66. The Morgan fingerprint density at radius 3 is 2.71 bits per heavy atom. The summed E-state index contributed by atoms with van der Waals surface area (Å²) in [5.41, 5.74) is 2.56. The van der Waals surface area contributed by atoms with E-state index in [4.69, 9.17) is 0 Å². The van der Waals surface area contributed by atoms with Crippen LogP contribution in [-0.2, 0) is 13.0 Å². The first-order chi connectivity index (χ1) is 10.3. The Morgan fingerprint density at radius 1 is 1.14 bits per heavy atom. The number of hydrogen-bond donors (Lipinski definition) is 1. The summed E-state index contributed by atoms with van der Waals surface area (Å²) in [6.45, 7) is 5.03. The van der Waals surface area contributed by atoms with E-state index in [0.29, 0.717) is 0 Å². The standard InChI is InChI=1S/C17H24N4/c1-3-9-19-14-16-5-4-10-20-17(16)21(2)13-8-15-6-11-18-12-7-15/h4-7,10-12,19H,3,8-9,13-14H2,1-2H3. The van der Waals surface area contributed by atoms with Crippen molar-refractivity contribution in [3.8, 4) is 0 Å². The lowest BCUT2D eigenvalue weighted by molar-refractivity contribution is 0.671. The van der Waals surface area contributed by atoms with E-state index in [1.54, 1.807) is 0 Å². The third kappa shape index (κ3) is 4.83. The smallest absolute Gasteiger partial charge is 0.132 e. The molecule has 4 nitrogen and oxygen atoms in total. The maximum absolute atomic E-state index is 4.54. The van der Waals surface area contributed by atoms with Crippen LogP contribution in [0, 0.1) is 0 Å². The molecule has 0 aliphatic carbocycles. The van der Waals surface area contributed by atoms with Crippen molar-refractivity contribution in [2.75, 3.05) is 25.0 Å². The van der Waals surface area contributed by atoms with Crippen LogP contribution in [0.5, 0.6) is 0 Å². The predicted molar refractivity (Wildman–Crippen MR) is 87.4 cm³/mol. The lowest BCUT2D eigenvalue weighted by Gasteiger charge is -2.21. The van der Waals surface area contributed by atoms with E-state index in [-0.39, 0.29) is 0 Å². The second-order valence-corrected chi connectivity index (χ2v) is 5.19. The normalized spacial score (nSPS) is 10.6. The van der Waals surface area contributed by atoms with Crippen LogP contribution >= 0.6 is 0 Å². The summed E-state index contributed by atoms with van der Waals surface area (Å²) in [5.74, 6) is 1.06. The van der Waals surface area contributed by atoms with E-state index in [2.05, 4.69) is 52.4 Å². The monoisotopic (exact) mass is 284 g/mol. The molecule has 0 saturated heterocycles. The van der Waals surface area contributed by atoms with Gasteiger partial charge in [-0.2, -0.15) is 0 Å². The van der Waals surface area contributed by atoms with Crippen molar-refractivity contribution in [1.29, 1.82) is 0 Å². The molecule has 0 atom stereocenters. The van der Waals surface area contributed by atoms with Gasteiger partial charge in [-0.1, -0.05) is 13.0 Å². The topological polar surface area (TPSA) is 41.1 Å². The third-order valence-corrected chi connectivity index (χ3v) is 3.46. The molecule has 2 aromatic rings. The van der Waals surface area contributed by atoms with Gasteiger partial charge >= 0.3 is 0 Å². The Labute approximate surface area is 127 Å². The summed E-state index contributed by atoms with van der Waals surface area (Å²) >= 11 is 0. The van der Waals surface area contributed by atoms with Crippen LogP contribution < -0.4 is 10.2 Å². The summed E-state index contributed by atoms with van der Waals surface area (Å²) in [5, 5.41) is 3.45. The first-order valence-electron chi connectivity index (χ1n) is 7.56. The van der Waals surface area contributed by atoms with Crippen molar-refractivity contribution < 1.29 is 0 Å². The van der Waals surface area contributed by atoms with Gasteiger partial charge in [0, 0.05) is 44.3 Å². The van der Waals surface area contributed by atoms with Crippen molar-refractivity contribution in [2.24, 2.45) is 0 Å². The molecule has 0 fully saturated rings. The van der Waals surface area contributed by atoms with Gasteiger partial charge in [-0.25, -0.2) is 4.98 Å². The molecular weight excluding hydrogens is 260 g/mol. The largest absolute Gasteiger partial charge is 0.359 e. The van der Waals surface area contributed by atoms with Crippen LogP contribution in [0.3, 0.4) is 0 Å². The van der Waals surface area contributed by atoms with E-state index in [9.17, 15) is 0 Å². The zero-order chi connectivity index (χ0) is 14.9. The highest BCUT2D eigenvalue weighted by Crippen LogP contribution is 2.16. The zero-order valence-corrected chi connectivity index (χ0v) is 12.9. The molecule has 112 valence electrons. The second kappa shape index (κ2) is 8.37. The molecule has 0 aliphatic rings. The Bertz CT molecular complexity index is 527. The second-order valence-electron chi connectivity index (χ2n) is 5.19. The van der Waals surface area contributed by atoms with Crippen molar-refractivity contribution >= 4 is 5.82 Å². The fourth-order valence-electron chi connectivity index (χ4n) is 2.26. The fraction of sp³-hybridized carbons (Fsp3) is 0.412. The molecule has 0 saturated carbocycles. The molecule has 0 aliphatic heterocycles. The number of pyridine rings is 2. The number of hydrogen-bond acceptors (Lipinski definition) is 4. The SMILES string of the molecule is CCCNCc1cccnc1N(C)CCc1ccncc1. The zero-order valence-electron chi connectivity index (χ0n) is 12.9. The minimum atomic E-state index is 0.872. The summed E-state index contributed by atoms with van der Waals surface area (Å²) in [6.07, 6.45) is 7.69. The molecule has 2 aromatic heterocycles. The van der Waals surface area contributed by atoms with Crippen LogP contribution in [0.2, 0.25) is 0 Å².